The lowest BCUT2D eigenvalue weighted by Crippen LogP contribution is -2.56. The minimum atomic E-state index is -0.423. The molecule has 0 radical (unpaired) electrons. The molecule has 6 nitrogen and oxygen atoms in total. The van der Waals surface area contributed by atoms with Gasteiger partial charge < -0.3 is 9.80 Å². The molecule has 8 heteroatoms. The molecule has 1 spiro atoms. The number of nitrogens with one attached hydrogen (secondary N) is 1. The second kappa shape index (κ2) is 6.39. The van der Waals surface area contributed by atoms with Crippen LogP contribution in [0.25, 0.3) is 11.1 Å². The summed E-state index contributed by atoms with van der Waals surface area (Å²) in [4.78, 5) is 12.7. The maximum Gasteiger partial charge on any atom is 0.225 e. The zero-order valence-corrected chi connectivity index (χ0v) is 15.3. The van der Waals surface area contributed by atoms with Gasteiger partial charge in [0, 0.05) is 24.7 Å². The van der Waals surface area contributed by atoms with E-state index >= 15 is 0 Å². The van der Waals surface area contributed by atoms with Crippen molar-refractivity contribution >= 4 is 34.5 Å². The van der Waals surface area contributed by atoms with Crippen LogP contribution in [-0.2, 0) is 0 Å². The molecule has 0 atom stereocenters. The van der Waals surface area contributed by atoms with Crippen molar-refractivity contribution in [2.24, 2.45) is 0 Å². The Bertz CT molecular complexity index is 855. The maximum absolute atomic E-state index is 13.1. The molecule has 1 saturated carbocycles. The van der Waals surface area contributed by atoms with Crippen LogP contribution >= 0.6 is 11.6 Å². The van der Waals surface area contributed by atoms with Crippen molar-refractivity contribution < 1.29 is 4.39 Å². The lowest BCUT2D eigenvalue weighted by molar-refractivity contribution is 0.497. The average Bonchev–Trinajstić information content (AvgIpc) is 3.28. The van der Waals surface area contributed by atoms with Crippen LogP contribution in [0.3, 0.4) is 0 Å². The van der Waals surface area contributed by atoms with Gasteiger partial charge in [0.1, 0.15) is 0 Å². The van der Waals surface area contributed by atoms with E-state index in [1.54, 1.807) is 6.08 Å². The number of piperazine rings is 1. The Morgan fingerprint density at radius 3 is 2.69 bits per heavy atom. The summed E-state index contributed by atoms with van der Waals surface area (Å²) in [6.45, 7) is 8.03. The number of hydrogen-bond acceptors (Lipinski definition) is 5. The standard InChI is InChI=1S/C18H20ClFN6/c1-3-13(19)15-14(4-2)23-24-16(15)26-8-7-25(11-18(26)5-6-18)17-21-9-12(20)10-22-17/h3-4,9-10H,2,5-8,11H2,1H3,(H,23,24)/b13-3+. The van der Waals surface area contributed by atoms with Crippen LogP contribution in [0.2, 0.25) is 0 Å². The van der Waals surface area contributed by atoms with Crippen molar-refractivity contribution in [3.63, 3.8) is 0 Å². The smallest absolute Gasteiger partial charge is 0.225 e. The Kier molecular flexibility index (Phi) is 4.19. The molecule has 2 aromatic heterocycles. The molecule has 1 aliphatic carbocycles. The number of aromatic nitrogens is 4. The van der Waals surface area contributed by atoms with E-state index in [0.29, 0.717) is 11.0 Å². The van der Waals surface area contributed by atoms with Crippen LogP contribution in [0.1, 0.15) is 31.0 Å². The van der Waals surface area contributed by atoms with Crippen molar-refractivity contribution in [1.82, 2.24) is 20.2 Å². The van der Waals surface area contributed by atoms with Gasteiger partial charge in [0.2, 0.25) is 5.95 Å². The fraction of sp³-hybridized carbons (Fsp3) is 0.389. The van der Waals surface area contributed by atoms with Crippen LogP contribution in [0.4, 0.5) is 16.2 Å². The highest BCUT2D eigenvalue weighted by molar-refractivity contribution is 6.49. The maximum atomic E-state index is 13.1. The molecule has 0 unspecified atom stereocenters. The van der Waals surface area contributed by atoms with Gasteiger partial charge in [-0.25, -0.2) is 14.4 Å². The van der Waals surface area contributed by atoms with E-state index in [9.17, 15) is 4.39 Å². The molecule has 2 aliphatic rings. The van der Waals surface area contributed by atoms with E-state index in [2.05, 4.69) is 36.5 Å². The van der Waals surface area contributed by atoms with E-state index < -0.39 is 5.82 Å². The minimum absolute atomic E-state index is 0.0106. The predicted molar refractivity (Wildman–Crippen MR) is 102 cm³/mol. The summed E-state index contributed by atoms with van der Waals surface area (Å²) in [5.74, 6) is 1.01. The normalized spacial score (nSPS) is 19.1. The summed E-state index contributed by atoms with van der Waals surface area (Å²) in [5.41, 5.74) is 1.70. The first kappa shape index (κ1) is 17.0. The molecule has 0 aromatic carbocycles. The molecule has 3 heterocycles. The zero-order chi connectivity index (χ0) is 18.3. The van der Waals surface area contributed by atoms with Gasteiger partial charge in [-0.05, 0) is 25.8 Å². The Hall–Kier alpha value is -2.41. The largest absolute Gasteiger partial charge is 0.345 e. The first-order valence-electron chi connectivity index (χ1n) is 8.61. The number of anilines is 2. The molecule has 1 saturated heterocycles. The molecule has 26 heavy (non-hydrogen) atoms. The topological polar surface area (TPSA) is 60.9 Å². The predicted octanol–water partition coefficient (Wildman–Crippen LogP) is 3.44. The van der Waals surface area contributed by atoms with Gasteiger partial charge in [0.15, 0.2) is 11.6 Å². The number of allylic oxidation sites excluding steroid dienone is 1. The molecule has 4 rings (SSSR count). The summed E-state index contributed by atoms with van der Waals surface area (Å²) in [7, 11) is 0. The van der Waals surface area contributed by atoms with Crippen LogP contribution in [-0.4, -0.2) is 45.3 Å². The van der Waals surface area contributed by atoms with Crippen molar-refractivity contribution in [2.45, 2.75) is 25.3 Å². The molecule has 0 bridgehead atoms. The fourth-order valence-corrected chi connectivity index (χ4v) is 3.77. The first-order valence-corrected chi connectivity index (χ1v) is 8.99. The van der Waals surface area contributed by atoms with Gasteiger partial charge in [-0.3, -0.25) is 5.10 Å². The second-order valence-corrected chi connectivity index (χ2v) is 7.08. The molecule has 2 aromatic rings. The quantitative estimate of drug-likeness (QED) is 0.888. The SMILES string of the molecule is C=Cc1[nH]nc(N2CCN(c3ncc(F)cn3)CC23CC3)c1/C(Cl)=C\C. The third-order valence-electron chi connectivity index (χ3n) is 5.10. The van der Waals surface area contributed by atoms with Gasteiger partial charge in [-0.2, -0.15) is 5.10 Å². The zero-order valence-electron chi connectivity index (χ0n) is 14.5. The third kappa shape index (κ3) is 2.76. The number of nitrogens with zero attached hydrogens (tertiary/aromatic N) is 5. The van der Waals surface area contributed by atoms with E-state index in [0.717, 1.165) is 49.6 Å². The Balaban J connectivity index is 1.64. The summed E-state index contributed by atoms with van der Waals surface area (Å²) in [6, 6.07) is 0. The fourth-order valence-electron chi connectivity index (χ4n) is 3.59. The second-order valence-electron chi connectivity index (χ2n) is 6.68. The van der Waals surface area contributed by atoms with Gasteiger partial charge in [-0.15, -0.1) is 0 Å². The summed E-state index contributed by atoms with van der Waals surface area (Å²) in [6.07, 6.45) is 8.15. The van der Waals surface area contributed by atoms with Gasteiger partial charge >= 0.3 is 0 Å². The van der Waals surface area contributed by atoms with E-state index in [-0.39, 0.29) is 5.54 Å². The summed E-state index contributed by atoms with van der Waals surface area (Å²) in [5, 5.41) is 8.22. The van der Waals surface area contributed by atoms with Gasteiger partial charge in [-0.1, -0.05) is 24.3 Å². The first-order chi connectivity index (χ1) is 12.6. The lowest BCUT2D eigenvalue weighted by Gasteiger charge is -2.42. The Labute approximate surface area is 156 Å². The van der Waals surface area contributed by atoms with E-state index in [1.807, 2.05) is 13.0 Å². The molecule has 0 amide bonds. The highest BCUT2D eigenvalue weighted by Crippen LogP contribution is 2.48. The van der Waals surface area contributed by atoms with Crippen LogP contribution < -0.4 is 9.80 Å². The van der Waals surface area contributed by atoms with Gasteiger partial charge in [0.25, 0.3) is 0 Å². The minimum Gasteiger partial charge on any atom is -0.345 e. The van der Waals surface area contributed by atoms with Crippen molar-refractivity contribution in [2.75, 3.05) is 29.4 Å². The molecular formula is C18H20ClFN6. The average molecular weight is 375 g/mol. The van der Waals surface area contributed by atoms with Crippen LogP contribution in [0.5, 0.6) is 0 Å². The number of hydrogen-bond donors (Lipinski definition) is 1. The third-order valence-corrected chi connectivity index (χ3v) is 5.50. The van der Waals surface area contributed by atoms with Crippen molar-refractivity contribution in [3.8, 4) is 0 Å². The summed E-state index contributed by atoms with van der Waals surface area (Å²) >= 11 is 6.45. The molecule has 1 aliphatic heterocycles. The number of rotatable bonds is 4. The van der Waals surface area contributed by atoms with Crippen molar-refractivity contribution in [3.05, 3.63) is 42.1 Å². The molecule has 136 valence electrons. The monoisotopic (exact) mass is 374 g/mol. The van der Waals surface area contributed by atoms with E-state index in [4.69, 9.17) is 11.6 Å². The Morgan fingerprint density at radius 1 is 1.35 bits per heavy atom. The molecular weight excluding hydrogens is 355 g/mol. The highest BCUT2D eigenvalue weighted by atomic mass is 35.5. The van der Waals surface area contributed by atoms with Gasteiger partial charge in [0.05, 0.1) is 29.2 Å². The van der Waals surface area contributed by atoms with Crippen molar-refractivity contribution in [1.29, 1.82) is 0 Å². The highest BCUT2D eigenvalue weighted by Gasteiger charge is 2.53. The van der Waals surface area contributed by atoms with Crippen LogP contribution in [0.15, 0.2) is 25.0 Å². The summed E-state index contributed by atoms with van der Waals surface area (Å²) < 4.78 is 13.1. The number of H-pyrrole nitrogens is 1. The lowest BCUT2D eigenvalue weighted by atomic mass is 10.1. The number of aromatic amines is 1. The molecule has 1 N–H and O–H groups in total. The number of halogens is 2. The van der Waals surface area contributed by atoms with E-state index in [1.165, 1.54) is 12.4 Å². The molecule has 2 fully saturated rings. The van der Waals surface area contributed by atoms with Crippen LogP contribution in [0, 0.1) is 5.82 Å². The Morgan fingerprint density at radius 2 is 2.08 bits per heavy atom.